The first kappa shape index (κ1) is 18.2. The van der Waals surface area contributed by atoms with Gasteiger partial charge in [0.1, 0.15) is 0 Å². The van der Waals surface area contributed by atoms with Crippen LogP contribution in [0.2, 0.25) is 0 Å². The van der Waals surface area contributed by atoms with E-state index in [2.05, 4.69) is 0 Å². The van der Waals surface area contributed by atoms with Crippen LogP contribution in [-0.2, 0) is 10.1 Å². The minimum atomic E-state index is -4.19. The standard InChI is InChI=1S/C9H20O4S.Na/c1-3-4-5-9(14(11,12)13)7-6-8(2)10;/h8-10H,3-7H2,1-2H3,(H,11,12,13);/q;+1/p-1. The molecule has 4 nitrogen and oxygen atoms in total. The van der Waals surface area contributed by atoms with E-state index in [9.17, 15) is 13.0 Å². The molecule has 0 fully saturated rings. The Morgan fingerprint density at radius 1 is 1.27 bits per heavy atom. The molecule has 0 rings (SSSR count). The quantitative estimate of drug-likeness (QED) is 0.427. The average Bonchev–Trinajstić information content (AvgIpc) is 2.01. The molecule has 0 aromatic carbocycles. The number of aliphatic hydroxyl groups excluding tert-OH is 1. The van der Waals surface area contributed by atoms with Crippen molar-refractivity contribution in [2.45, 2.75) is 57.3 Å². The fraction of sp³-hybridized carbons (Fsp3) is 1.00. The Balaban J connectivity index is 0. The van der Waals surface area contributed by atoms with E-state index in [-0.39, 0.29) is 36.0 Å². The molecule has 0 bridgehead atoms. The fourth-order valence-electron chi connectivity index (χ4n) is 1.29. The van der Waals surface area contributed by atoms with Crippen LogP contribution in [0.15, 0.2) is 0 Å². The van der Waals surface area contributed by atoms with Crippen molar-refractivity contribution >= 4 is 10.1 Å². The third-order valence-corrected chi connectivity index (χ3v) is 3.48. The van der Waals surface area contributed by atoms with Crippen LogP contribution in [0.3, 0.4) is 0 Å². The summed E-state index contributed by atoms with van der Waals surface area (Å²) >= 11 is 0. The molecule has 0 aliphatic carbocycles. The molecule has 6 heteroatoms. The summed E-state index contributed by atoms with van der Waals surface area (Å²) in [5, 5.41) is 8.17. The van der Waals surface area contributed by atoms with Gasteiger partial charge in [0.05, 0.1) is 16.2 Å². The Kier molecular flexibility index (Phi) is 10.9. The molecular formula is C9H19NaO4S. The Labute approximate surface area is 114 Å². The molecular weight excluding hydrogens is 227 g/mol. The van der Waals surface area contributed by atoms with Gasteiger partial charge in [-0.05, 0) is 26.2 Å². The molecule has 0 amide bonds. The van der Waals surface area contributed by atoms with Crippen LogP contribution in [0.5, 0.6) is 0 Å². The molecule has 0 aliphatic heterocycles. The van der Waals surface area contributed by atoms with Crippen molar-refractivity contribution in [3.05, 3.63) is 0 Å². The van der Waals surface area contributed by atoms with E-state index in [1.807, 2.05) is 6.92 Å². The van der Waals surface area contributed by atoms with Crippen LogP contribution in [0.4, 0.5) is 0 Å². The molecule has 1 N–H and O–H groups in total. The number of aliphatic hydroxyl groups is 1. The van der Waals surface area contributed by atoms with Gasteiger partial charge in [-0.2, -0.15) is 0 Å². The fourth-order valence-corrected chi connectivity index (χ4v) is 2.17. The molecule has 0 aliphatic rings. The predicted molar refractivity (Wildman–Crippen MR) is 53.9 cm³/mol. The van der Waals surface area contributed by atoms with Crippen LogP contribution < -0.4 is 29.6 Å². The summed E-state index contributed by atoms with van der Waals surface area (Å²) < 4.78 is 32.4. The van der Waals surface area contributed by atoms with Gasteiger partial charge in [0, 0.05) is 5.25 Å². The van der Waals surface area contributed by atoms with E-state index in [4.69, 9.17) is 5.11 Å². The molecule has 0 aromatic heterocycles. The topological polar surface area (TPSA) is 77.4 Å². The zero-order valence-corrected chi connectivity index (χ0v) is 12.6. The molecule has 2 unspecified atom stereocenters. The van der Waals surface area contributed by atoms with Crippen LogP contribution in [-0.4, -0.2) is 29.4 Å². The van der Waals surface area contributed by atoms with Gasteiger partial charge in [-0.25, -0.2) is 8.42 Å². The second-order valence-electron chi connectivity index (χ2n) is 3.68. The van der Waals surface area contributed by atoms with Gasteiger partial charge in [-0.3, -0.25) is 0 Å². The van der Waals surface area contributed by atoms with Crippen LogP contribution >= 0.6 is 0 Å². The normalized spacial score (nSPS) is 15.5. The van der Waals surface area contributed by atoms with Gasteiger partial charge in [-0.15, -0.1) is 0 Å². The Bertz CT molecular complexity index is 238. The van der Waals surface area contributed by atoms with E-state index in [1.165, 1.54) is 0 Å². The molecule has 0 spiro atoms. The Morgan fingerprint density at radius 2 is 1.80 bits per heavy atom. The first-order valence-corrected chi connectivity index (χ1v) is 6.47. The summed E-state index contributed by atoms with van der Waals surface area (Å²) in [4.78, 5) is 0. The second kappa shape index (κ2) is 8.96. The van der Waals surface area contributed by atoms with Crippen molar-refractivity contribution < 1.29 is 47.6 Å². The predicted octanol–water partition coefficient (Wildman–Crippen LogP) is -1.74. The SMILES string of the molecule is CCCCC(CCC(C)O)S(=O)(=O)[O-].[Na+]. The summed E-state index contributed by atoms with van der Waals surface area (Å²) in [5.74, 6) is 0. The minimum Gasteiger partial charge on any atom is -0.748 e. The summed E-state index contributed by atoms with van der Waals surface area (Å²) in [6.45, 7) is 3.54. The molecule has 0 aromatic rings. The molecule has 15 heavy (non-hydrogen) atoms. The van der Waals surface area contributed by atoms with Crippen LogP contribution in [0.1, 0.15) is 46.0 Å². The van der Waals surface area contributed by atoms with Crippen molar-refractivity contribution in [1.29, 1.82) is 0 Å². The van der Waals surface area contributed by atoms with E-state index >= 15 is 0 Å². The molecule has 0 saturated heterocycles. The van der Waals surface area contributed by atoms with Crippen molar-refractivity contribution in [2.75, 3.05) is 0 Å². The third-order valence-electron chi connectivity index (χ3n) is 2.19. The molecule has 0 saturated carbocycles. The Hall–Kier alpha value is 0.870. The number of hydrogen-bond acceptors (Lipinski definition) is 4. The van der Waals surface area contributed by atoms with E-state index in [0.29, 0.717) is 12.8 Å². The number of unbranched alkanes of at least 4 members (excludes halogenated alkanes) is 1. The summed E-state index contributed by atoms with van der Waals surface area (Å²) in [6, 6.07) is 0. The summed E-state index contributed by atoms with van der Waals surface area (Å²) in [6.07, 6.45) is 2.13. The van der Waals surface area contributed by atoms with Crippen LogP contribution in [0.25, 0.3) is 0 Å². The molecule has 86 valence electrons. The van der Waals surface area contributed by atoms with Gasteiger partial charge in [-0.1, -0.05) is 19.8 Å². The second-order valence-corrected chi connectivity index (χ2v) is 5.34. The smallest absolute Gasteiger partial charge is 0.748 e. The largest absolute Gasteiger partial charge is 1.00 e. The minimum absolute atomic E-state index is 0. The van der Waals surface area contributed by atoms with E-state index < -0.39 is 21.5 Å². The third kappa shape index (κ3) is 9.78. The van der Waals surface area contributed by atoms with E-state index in [1.54, 1.807) is 6.92 Å². The van der Waals surface area contributed by atoms with Crippen molar-refractivity contribution in [2.24, 2.45) is 0 Å². The maximum atomic E-state index is 10.8. The summed E-state index contributed by atoms with van der Waals surface area (Å²) in [7, 11) is -4.19. The maximum Gasteiger partial charge on any atom is 1.00 e. The zero-order valence-electron chi connectivity index (χ0n) is 9.77. The summed E-state index contributed by atoms with van der Waals surface area (Å²) in [5.41, 5.74) is 0. The number of rotatable bonds is 7. The first-order chi connectivity index (χ1) is 6.38. The van der Waals surface area contributed by atoms with Crippen molar-refractivity contribution in [3.63, 3.8) is 0 Å². The average molecular weight is 246 g/mol. The Morgan fingerprint density at radius 3 is 2.13 bits per heavy atom. The van der Waals surface area contributed by atoms with E-state index in [0.717, 1.165) is 12.8 Å². The molecule has 0 heterocycles. The van der Waals surface area contributed by atoms with Gasteiger partial charge in [0.25, 0.3) is 0 Å². The molecule has 0 radical (unpaired) electrons. The first-order valence-electron chi connectivity index (χ1n) is 5.00. The van der Waals surface area contributed by atoms with Gasteiger partial charge in [0.15, 0.2) is 0 Å². The van der Waals surface area contributed by atoms with Crippen LogP contribution in [0, 0.1) is 0 Å². The monoisotopic (exact) mass is 246 g/mol. The van der Waals surface area contributed by atoms with Crippen molar-refractivity contribution in [3.8, 4) is 0 Å². The maximum absolute atomic E-state index is 10.8. The number of hydrogen-bond donors (Lipinski definition) is 1. The van der Waals surface area contributed by atoms with Gasteiger partial charge in [0.2, 0.25) is 0 Å². The van der Waals surface area contributed by atoms with Gasteiger partial charge < -0.3 is 9.66 Å². The molecule has 2 atom stereocenters. The zero-order chi connectivity index (χ0) is 11.2. The van der Waals surface area contributed by atoms with Crippen molar-refractivity contribution in [1.82, 2.24) is 0 Å². The van der Waals surface area contributed by atoms with Gasteiger partial charge >= 0.3 is 29.6 Å².